The van der Waals surface area contributed by atoms with Crippen LogP contribution in [0, 0.1) is 5.82 Å². The highest BCUT2D eigenvalue weighted by Gasteiger charge is 2.08. The maximum absolute atomic E-state index is 13.4. The summed E-state index contributed by atoms with van der Waals surface area (Å²) in [6, 6.07) is 3.96. The zero-order chi connectivity index (χ0) is 13.1. The summed E-state index contributed by atoms with van der Waals surface area (Å²) in [5.74, 6) is -0.963. The van der Waals surface area contributed by atoms with Gasteiger partial charge in [-0.05, 0) is 18.2 Å². The van der Waals surface area contributed by atoms with Crippen LogP contribution in [0.4, 0.5) is 15.8 Å². The molecule has 94 valence electrons. The highest BCUT2D eigenvalue weighted by Crippen LogP contribution is 2.17. The highest BCUT2D eigenvalue weighted by atomic mass is 35.5. The first kappa shape index (κ1) is 12.4. The van der Waals surface area contributed by atoms with Crippen molar-refractivity contribution in [3.05, 3.63) is 41.4 Å². The van der Waals surface area contributed by atoms with Gasteiger partial charge in [-0.15, -0.1) is 0 Å². The number of amides is 1. The van der Waals surface area contributed by atoms with Crippen LogP contribution in [-0.2, 0) is 11.3 Å². The number of hydrogen-bond acceptors (Lipinski definition) is 3. The molecule has 1 aromatic carbocycles. The van der Waals surface area contributed by atoms with Crippen molar-refractivity contribution in [2.24, 2.45) is 0 Å². The summed E-state index contributed by atoms with van der Waals surface area (Å²) in [7, 11) is 0. The summed E-state index contributed by atoms with van der Waals surface area (Å²) in [6.07, 6.45) is 2.91. The second-order valence-corrected chi connectivity index (χ2v) is 4.08. The lowest BCUT2D eigenvalue weighted by Crippen LogP contribution is -2.19. The number of nitrogens with two attached hydrogens (primary N) is 1. The molecule has 0 aliphatic heterocycles. The Labute approximate surface area is 107 Å². The number of aromatic nitrogens is 2. The van der Waals surface area contributed by atoms with Crippen molar-refractivity contribution in [1.82, 2.24) is 9.78 Å². The molecular formula is C11H10ClFN4O. The van der Waals surface area contributed by atoms with E-state index in [-0.39, 0.29) is 12.2 Å². The van der Waals surface area contributed by atoms with E-state index in [1.807, 2.05) is 0 Å². The molecule has 0 radical (unpaired) electrons. The van der Waals surface area contributed by atoms with Crippen molar-refractivity contribution < 1.29 is 9.18 Å². The number of nitrogen functional groups attached to an aromatic ring is 1. The van der Waals surface area contributed by atoms with Crippen LogP contribution >= 0.6 is 11.6 Å². The Morgan fingerprint density at radius 1 is 1.56 bits per heavy atom. The third-order valence-electron chi connectivity index (χ3n) is 2.17. The predicted molar refractivity (Wildman–Crippen MR) is 66.7 cm³/mol. The van der Waals surface area contributed by atoms with Gasteiger partial charge in [-0.25, -0.2) is 4.39 Å². The summed E-state index contributed by atoms with van der Waals surface area (Å²) in [5.41, 5.74) is 5.92. The Hall–Kier alpha value is -2.08. The smallest absolute Gasteiger partial charge is 0.246 e. The summed E-state index contributed by atoms with van der Waals surface area (Å²) in [5, 5.41) is 6.68. The standard InChI is InChI=1S/C11H10ClFN4O/c12-7-4-15-17(5-7)6-11(18)16-10-3-8(14)1-2-9(10)13/h1-5H,6,14H2,(H,16,18). The van der Waals surface area contributed by atoms with Gasteiger partial charge in [-0.3, -0.25) is 9.48 Å². The van der Waals surface area contributed by atoms with Gasteiger partial charge in [0.2, 0.25) is 5.91 Å². The molecule has 0 atom stereocenters. The fraction of sp³-hybridized carbons (Fsp3) is 0.0909. The molecule has 0 unspecified atom stereocenters. The topological polar surface area (TPSA) is 72.9 Å². The van der Waals surface area contributed by atoms with Gasteiger partial charge in [0.1, 0.15) is 12.4 Å². The number of nitrogens with one attached hydrogen (secondary N) is 1. The van der Waals surface area contributed by atoms with Crippen molar-refractivity contribution >= 4 is 28.9 Å². The first-order chi connectivity index (χ1) is 8.54. The second kappa shape index (κ2) is 5.05. The van der Waals surface area contributed by atoms with Crippen molar-refractivity contribution in [3.8, 4) is 0 Å². The van der Waals surface area contributed by atoms with Gasteiger partial charge >= 0.3 is 0 Å². The molecule has 3 N–H and O–H groups in total. The number of benzene rings is 1. The minimum atomic E-state index is -0.545. The molecule has 1 aromatic heterocycles. The Morgan fingerprint density at radius 2 is 2.33 bits per heavy atom. The number of halogens is 2. The third-order valence-corrected chi connectivity index (χ3v) is 2.37. The largest absolute Gasteiger partial charge is 0.399 e. The zero-order valence-electron chi connectivity index (χ0n) is 9.23. The number of rotatable bonds is 3. The average molecular weight is 269 g/mol. The van der Waals surface area contributed by atoms with Crippen LogP contribution in [0.2, 0.25) is 5.02 Å². The van der Waals surface area contributed by atoms with E-state index in [4.69, 9.17) is 17.3 Å². The molecule has 18 heavy (non-hydrogen) atoms. The third kappa shape index (κ3) is 2.98. The van der Waals surface area contributed by atoms with Crippen LogP contribution in [0.15, 0.2) is 30.6 Å². The molecule has 0 saturated heterocycles. The molecule has 0 aliphatic rings. The Kier molecular flexibility index (Phi) is 3.47. The molecule has 1 amide bonds. The number of anilines is 2. The zero-order valence-corrected chi connectivity index (χ0v) is 9.99. The van der Waals surface area contributed by atoms with Gasteiger partial charge in [0.05, 0.1) is 16.9 Å². The molecule has 7 heteroatoms. The van der Waals surface area contributed by atoms with Crippen molar-refractivity contribution in [1.29, 1.82) is 0 Å². The first-order valence-electron chi connectivity index (χ1n) is 5.07. The minimum absolute atomic E-state index is 0.0400. The van der Waals surface area contributed by atoms with Gasteiger partial charge in [-0.1, -0.05) is 11.6 Å². The summed E-state index contributed by atoms with van der Waals surface area (Å²) >= 11 is 5.66. The monoisotopic (exact) mass is 268 g/mol. The van der Waals surface area contributed by atoms with Crippen LogP contribution in [-0.4, -0.2) is 15.7 Å². The SMILES string of the molecule is Nc1ccc(F)c(NC(=O)Cn2cc(Cl)cn2)c1. The quantitative estimate of drug-likeness (QED) is 0.835. The molecule has 0 saturated carbocycles. The fourth-order valence-electron chi connectivity index (χ4n) is 1.40. The van der Waals surface area contributed by atoms with Crippen LogP contribution in [0.25, 0.3) is 0 Å². The van der Waals surface area contributed by atoms with E-state index in [1.165, 1.54) is 35.3 Å². The molecule has 0 aliphatic carbocycles. The minimum Gasteiger partial charge on any atom is -0.399 e. The Bertz CT molecular complexity index is 584. The summed E-state index contributed by atoms with van der Waals surface area (Å²) < 4.78 is 14.7. The van der Waals surface area contributed by atoms with Crippen LogP contribution in [0.3, 0.4) is 0 Å². The summed E-state index contributed by atoms with van der Waals surface area (Å²) in [4.78, 5) is 11.6. The predicted octanol–water partition coefficient (Wildman–Crippen LogP) is 1.90. The molecule has 5 nitrogen and oxygen atoms in total. The van der Waals surface area contributed by atoms with E-state index in [2.05, 4.69) is 10.4 Å². The van der Waals surface area contributed by atoms with Gasteiger partial charge < -0.3 is 11.1 Å². The molecule has 0 fully saturated rings. The molecular weight excluding hydrogens is 259 g/mol. The highest BCUT2D eigenvalue weighted by molar-refractivity contribution is 6.30. The lowest BCUT2D eigenvalue weighted by molar-refractivity contribution is -0.116. The average Bonchev–Trinajstić information content (AvgIpc) is 2.69. The van der Waals surface area contributed by atoms with Crippen LogP contribution in [0.5, 0.6) is 0 Å². The van der Waals surface area contributed by atoms with Crippen LogP contribution in [0.1, 0.15) is 0 Å². The van der Waals surface area contributed by atoms with Crippen molar-refractivity contribution in [3.63, 3.8) is 0 Å². The van der Waals surface area contributed by atoms with Crippen molar-refractivity contribution in [2.45, 2.75) is 6.54 Å². The van der Waals surface area contributed by atoms with E-state index in [9.17, 15) is 9.18 Å². The molecule has 2 rings (SSSR count). The van der Waals surface area contributed by atoms with Crippen LogP contribution < -0.4 is 11.1 Å². The summed E-state index contributed by atoms with van der Waals surface area (Å²) in [6.45, 7) is -0.0546. The lowest BCUT2D eigenvalue weighted by atomic mass is 10.2. The van der Waals surface area contributed by atoms with Crippen molar-refractivity contribution in [2.75, 3.05) is 11.1 Å². The molecule has 2 aromatic rings. The number of carbonyl (C=O) groups is 1. The second-order valence-electron chi connectivity index (χ2n) is 3.64. The normalized spacial score (nSPS) is 10.3. The molecule has 0 bridgehead atoms. The molecule has 1 heterocycles. The lowest BCUT2D eigenvalue weighted by Gasteiger charge is -2.07. The molecule has 0 spiro atoms. The van der Waals surface area contributed by atoms with E-state index in [0.29, 0.717) is 10.7 Å². The number of nitrogens with zero attached hydrogens (tertiary/aromatic N) is 2. The fourth-order valence-corrected chi connectivity index (χ4v) is 1.56. The van der Waals surface area contributed by atoms with Gasteiger partial charge in [0.15, 0.2) is 0 Å². The van der Waals surface area contributed by atoms with E-state index < -0.39 is 11.7 Å². The van der Waals surface area contributed by atoms with Gasteiger partial charge in [-0.2, -0.15) is 5.10 Å². The maximum Gasteiger partial charge on any atom is 0.246 e. The number of hydrogen-bond donors (Lipinski definition) is 2. The van der Waals surface area contributed by atoms with Gasteiger partial charge in [0, 0.05) is 11.9 Å². The van der Waals surface area contributed by atoms with E-state index in [1.54, 1.807) is 0 Å². The number of carbonyl (C=O) groups excluding carboxylic acids is 1. The Morgan fingerprint density at radius 3 is 3.00 bits per heavy atom. The Balaban J connectivity index is 2.05. The first-order valence-corrected chi connectivity index (χ1v) is 5.45. The van der Waals surface area contributed by atoms with Gasteiger partial charge in [0.25, 0.3) is 0 Å². The van der Waals surface area contributed by atoms with E-state index in [0.717, 1.165) is 0 Å². The maximum atomic E-state index is 13.4. The van der Waals surface area contributed by atoms with E-state index >= 15 is 0 Å².